The summed E-state index contributed by atoms with van der Waals surface area (Å²) < 4.78 is 12.2. The van der Waals surface area contributed by atoms with Crippen molar-refractivity contribution < 1.29 is 14.3 Å². The van der Waals surface area contributed by atoms with Gasteiger partial charge in [-0.25, -0.2) is 4.98 Å². The van der Waals surface area contributed by atoms with Crippen molar-refractivity contribution in [1.29, 1.82) is 0 Å². The summed E-state index contributed by atoms with van der Waals surface area (Å²) >= 11 is 1.43. The second kappa shape index (κ2) is 8.12. The molecule has 0 saturated carbocycles. The molecule has 1 fully saturated rings. The Hall–Kier alpha value is -2.71. The molecule has 8 heteroatoms. The van der Waals surface area contributed by atoms with Crippen molar-refractivity contribution in [2.75, 3.05) is 32.9 Å². The van der Waals surface area contributed by atoms with Crippen LogP contribution in [0.25, 0.3) is 21.3 Å². The van der Waals surface area contributed by atoms with E-state index in [9.17, 15) is 9.59 Å². The Morgan fingerprint density at radius 2 is 2.00 bits per heavy atom. The van der Waals surface area contributed by atoms with E-state index < -0.39 is 0 Å². The molecule has 4 rings (SSSR count). The predicted octanol–water partition coefficient (Wildman–Crippen LogP) is 2.38. The maximum atomic E-state index is 13.1. The summed E-state index contributed by atoms with van der Waals surface area (Å²) in [4.78, 5) is 32.4. The van der Waals surface area contributed by atoms with Crippen molar-refractivity contribution in [3.63, 3.8) is 0 Å². The van der Waals surface area contributed by atoms with Gasteiger partial charge in [-0.3, -0.25) is 14.2 Å². The minimum atomic E-state index is -0.197. The lowest BCUT2D eigenvalue weighted by Crippen LogP contribution is -2.43. The molecule has 2 aromatic heterocycles. The molecule has 3 heterocycles. The van der Waals surface area contributed by atoms with E-state index in [2.05, 4.69) is 4.98 Å². The lowest BCUT2D eigenvalue weighted by molar-refractivity contribution is -0.135. The first kappa shape index (κ1) is 18.6. The van der Waals surface area contributed by atoms with Gasteiger partial charge in [0.05, 0.1) is 31.5 Å². The third kappa shape index (κ3) is 3.65. The minimum Gasteiger partial charge on any atom is -0.494 e. The molecule has 0 aliphatic carbocycles. The van der Waals surface area contributed by atoms with Gasteiger partial charge in [0, 0.05) is 24.0 Å². The van der Waals surface area contributed by atoms with E-state index >= 15 is 0 Å². The summed E-state index contributed by atoms with van der Waals surface area (Å²) in [5.74, 6) is 0.696. The molecule has 146 valence electrons. The summed E-state index contributed by atoms with van der Waals surface area (Å²) in [6.07, 6.45) is 1.46. The lowest BCUT2D eigenvalue weighted by Gasteiger charge is -2.26. The highest BCUT2D eigenvalue weighted by molar-refractivity contribution is 7.17. The molecule has 1 aliphatic heterocycles. The van der Waals surface area contributed by atoms with Crippen molar-refractivity contribution in [2.45, 2.75) is 13.5 Å². The zero-order valence-electron chi connectivity index (χ0n) is 15.6. The number of hydrogen-bond acceptors (Lipinski definition) is 6. The third-order valence-corrected chi connectivity index (χ3v) is 5.59. The van der Waals surface area contributed by atoms with E-state index in [0.29, 0.717) is 43.1 Å². The summed E-state index contributed by atoms with van der Waals surface area (Å²) in [5, 5.41) is 2.48. The average molecular weight is 399 g/mol. The zero-order chi connectivity index (χ0) is 19.5. The second-order valence-electron chi connectivity index (χ2n) is 6.46. The molecule has 0 radical (unpaired) electrons. The van der Waals surface area contributed by atoms with Crippen LogP contribution in [0.3, 0.4) is 0 Å². The SMILES string of the molecule is CCOc1ccc(-c2csc3ncn(CC(=O)N4CCOCC4)c(=O)c23)cc1. The summed E-state index contributed by atoms with van der Waals surface area (Å²) in [7, 11) is 0. The van der Waals surface area contributed by atoms with Gasteiger partial charge in [-0.05, 0) is 24.6 Å². The number of benzene rings is 1. The maximum absolute atomic E-state index is 13.1. The molecule has 7 nitrogen and oxygen atoms in total. The molecule has 1 aromatic carbocycles. The molecular weight excluding hydrogens is 378 g/mol. The van der Waals surface area contributed by atoms with Crippen molar-refractivity contribution in [3.05, 3.63) is 46.3 Å². The molecule has 1 aliphatic rings. The Morgan fingerprint density at radius 3 is 2.71 bits per heavy atom. The van der Waals surface area contributed by atoms with Gasteiger partial charge in [-0.15, -0.1) is 11.3 Å². The first-order chi connectivity index (χ1) is 13.7. The number of carbonyl (C=O) groups excluding carboxylic acids is 1. The number of fused-ring (bicyclic) bond motifs is 1. The number of aromatic nitrogens is 2. The van der Waals surface area contributed by atoms with Crippen LogP contribution in [0, 0.1) is 0 Å². The number of hydrogen-bond donors (Lipinski definition) is 0. The van der Waals surface area contributed by atoms with Crippen LogP contribution < -0.4 is 10.3 Å². The van der Waals surface area contributed by atoms with E-state index in [1.807, 2.05) is 36.6 Å². The molecule has 28 heavy (non-hydrogen) atoms. The molecule has 3 aromatic rings. The van der Waals surface area contributed by atoms with Crippen LogP contribution in [0.15, 0.2) is 40.8 Å². The van der Waals surface area contributed by atoms with Gasteiger partial charge in [0.25, 0.3) is 5.56 Å². The number of morpholine rings is 1. The predicted molar refractivity (Wildman–Crippen MR) is 108 cm³/mol. The molecule has 0 unspecified atom stereocenters. The molecular formula is C20H21N3O4S. The summed E-state index contributed by atoms with van der Waals surface area (Å²) in [5.41, 5.74) is 1.55. The quantitative estimate of drug-likeness (QED) is 0.659. The Bertz CT molecular complexity index is 1040. The van der Waals surface area contributed by atoms with Crippen LogP contribution in [-0.2, 0) is 16.1 Å². The van der Waals surface area contributed by atoms with Crippen LogP contribution in [0.1, 0.15) is 6.92 Å². The van der Waals surface area contributed by atoms with E-state index in [1.165, 1.54) is 22.2 Å². The normalized spacial score (nSPS) is 14.4. The first-order valence-electron chi connectivity index (χ1n) is 9.22. The minimum absolute atomic E-state index is 0.0136. The average Bonchev–Trinajstić information content (AvgIpc) is 3.16. The van der Waals surface area contributed by atoms with Crippen molar-refractivity contribution in [2.24, 2.45) is 0 Å². The standard InChI is InChI=1S/C20H21N3O4S/c1-2-27-15-5-3-14(4-6-15)16-12-28-19-18(16)20(25)23(13-21-19)11-17(24)22-7-9-26-10-8-22/h3-6,12-13H,2,7-11H2,1H3. The largest absolute Gasteiger partial charge is 0.494 e. The number of carbonyl (C=O) groups is 1. The highest BCUT2D eigenvalue weighted by atomic mass is 32.1. The van der Waals surface area contributed by atoms with Gasteiger partial charge in [0.1, 0.15) is 17.1 Å². The van der Waals surface area contributed by atoms with Crippen LogP contribution >= 0.6 is 11.3 Å². The fraction of sp³-hybridized carbons (Fsp3) is 0.350. The van der Waals surface area contributed by atoms with Crippen LogP contribution in [0.4, 0.5) is 0 Å². The van der Waals surface area contributed by atoms with E-state index in [0.717, 1.165) is 16.9 Å². The Labute approximate surface area is 166 Å². The molecule has 1 amide bonds. The van der Waals surface area contributed by atoms with Gasteiger partial charge in [-0.2, -0.15) is 0 Å². The van der Waals surface area contributed by atoms with Gasteiger partial charge in [0.15, 0.2) is 0 Å². The Kier molecular flexibility index (Phi) is 5.40. The number of thiophene rings is 1. The van der Waals surface area contributed by atoms with Crippen molar-refractivity contribution >= 4 is 27.5 Å². The highest BCUT2D eigenvalue weighted by Crippen LogP contribution is 2.31. The molecule has 0 bridgehead atoms. The topological polar surface area (TPSA) is 73.7 Å². The van der Waals surface area contributed by atoms with Crippen LogP contribution in [0.5, 0.6) is 5.75 Å². The van der Waals surface area contributed by atoms with E-state index in [1.54, 1.807) is 4.90 Å². The van der Waals surface area contributed by atoms with Gasteiger partial charge in [-0.1, -0.05) is 12.1 Å². The van der Waals surface area contributed by atoms with E-state index in [4.69, 9.17) is 9.47 Å². The second-order valence-corrected chi connectivity index (χ2v) is 7.32. The van der Waals surface area contributed by atoms with E-state index in [-0.39, 0.29) is 18.0 Å². The van der Waals surface area contributed by atoms with Crippen LogP contribution in [-0.4, -0.2) is 53.3 Å². The third-order valence-electron chi connectivity index (χ3n) is 4.71. The number of nitrogens with zero attached hydrogens (tertiary/aromatic N) is 3. The molecule has 0 N–H and O–H groups in total. The van der Waals surface area contributed by atoms with Crippen LogP contribution in [0.2, 0.25) is 0 Å². The first-order valence-corrected chi connectivity index (χ1v) is 10.1. The smallest absolute Gasteiger partial charge is 0.263 e. The Morgan fingerprint density at radius 1 is 1.25 bits per heavy atom. The number of amides is 1. The molecule has 0 spiro atoms. The monoisotopic (exact) mass is 399 g/mol. The molecule has 1 saturated heterocycles. The highest BCUT2D eigenvalue weighted by Gasteiger charge is 2.19. The zero-order valence-corrected chi connectivity index (χ0v) is 16.4. The summed E-state index contributed by atoms with van der Waals surface area (Å²) in [6, 6.07) is 7.64. The number of rotatable bonds is 5. The molecule has 0 atom stereocenters. The van der Waals surface area contributed by atoms with Crippen molar-refractivity contribution in [1.82, 2.24) is 14.5 Å². The lowest BCUT2D eigenvalue weighted by atomic mass is 10.1. The van der Waals surface area contributed by atoms with Crippen molar-refractivity contribution in [3.8, 4) is 16.9 Å². The van der Waals surface area contributed by atoms with Gasteiger partial charge in [0.2, 0.25) is 5.91 Å². The fourth-order valence-electron chi connectivity index (χ4n) is 3.25. The van der Waals surface area contributed by atoms with Gasteiger partial charge < -0.3 is 14.4 Å². The Balaban J connectivity index is 1.65. The van der Waals surface area contributed by atoms with Gasteiger partial charge >= 0.3 is 0 Å². The maximum Gasteiger partial charge on any atom is 0.263 e. The number of ether oxygens (including phenoxy) is 2. The summed E-state index contributed by atoms with van der Waals surface area (Å²) in [6.45, 7) is 4.70. The fourth-order valence-corrected chi connectivity index (χ4v) is 4.16.